The van der Waals surface area contributed by atoms with Crippen LogP contribution in [-0.2, 0) is 16.6 Å². The molecule has 1 aromatic carbocycles. The maximum Gasteiger partial charge on any atom is 0.135 e. The highest BCUT2D eigenvalue weighted by molar-refractivity contribution is 5.81. The van der Waals surface area contributed by atoms with Crippen LogP contribution in [-0.4, -0.2) is 22.1 Å². The van der Waals surface area contributed by atoms with E-state index in [2.05, 4.69) is 6.92 Å². The minimum absolute atomic E-state index is 0.184. The molecule has 0 aliphatic heterocycles. The number of carbonyl (C=O) groups excluding carboxylic acids is 1. The Kier molecular flexibility index (Phi) is 2.90. The number of ketones is 1. The molecule has 3 atom stereocenters. The van der Waals surface area contributed by atoms with Crippen molar-refractivity contribution >= 4 is 5.78 Å². The highest BCUT2D eigenvalue weighted by atomic mass is 16.3. The fourth-order valence-corrected chi connectivity index (χ4v) is 4.25. The largest absolute Gasteiger partial charge is 0.508 e. The normalized spacial score (nSPS) is 33.7. The van der Waals surface area contributed by atoms with Crippen molar-refractivity contribution in [1.29, 1.82) is 0 Å². The van der Waals surface area contributed by atoms with Gasteiger partial charge >= 0.3 is 0 Å². The molecular formula is C16H20O3. The quantitative estimate of drug-likeness (QED) is 0.814. The van der Waals surface area contributed by atoms with Gasteiger partial charge in [-0.05, 0) is 48.4 Å². The number of fused-ring (bicyclic) bond motifs is 3. The standard InChI is InChI=1S/C16H20O3/c1-2-16-11(8-13(18)9-15(16)19)4-3-10-7-12(17)5-6-14(10)16/h5-7,11,15,17,19H,2-4,8-9H2,1H3/t11-,15-,16-/m1/s1. The molecule has 2 aliphatic carbocycles. The third kappa shape index (κ3) is 1.71. The Hall–Kier alpha value is -1.35. The lowest BCUT2D eigenvalue weighted by Gasteiger charge is -2.50. The Morgan fingerprint density at radius 1 is 1.37 bits per heavy atom. The van der Waals surface area contributed by atoms with Gasteiger partial charge in [-0.1, -0.05) is 13.0 Å². The van der Waals surface area contributed by atoms with Crippen LogP contribution in [0, 0.1) is 5.92 Å². The van der Waals surface area contributed by atoms with Crippen molar-refractivity contribution in [2.45, 2.75) is 50.5 Å². The maximum atomic E-state index is 11.8. The number of benzene rings is 1. The van der Waals surface area contributed by atoms with E-state index in [-0.39, 0.29) is 29.3 Å². The first kappa shape index (κ1) is 12.7. The number of rotatable bonds is 1. The Morgan fingerprint density at radius 2 is 2.16 bits per heavy atom. The number of phenolic OH excluding ortho intramolecular Hbond substituents is 1. The van der Waals surface area contributed by atoms with Gasteiger partial charge in [0, 0.05) is 18.3 Å². The summed E-state index contributed by atoms with van der Waals surface area (Å²) in [4.78, 5) is 11.8. The lowest BCUT2D eigenvalue weighted by molar-refractivity contribution is -0.130. The van der Waals surface area contributed by atoms with Crippen molar-refractivity contribution in [2.24, 2.45) is 5.92 Å². The van der Waals surface area contributed by atoms with Crippen molar-refractivity contribution in [3.8, 4) is 5.75 Å². The first-order valence-corrected chi connectivity index (χ1v) is 7.10. The molecule has 1 saturated carbocycles. The van der Waals surface area contributed by atoms with Gasteiger partial charge in [0.05, 0.1) is 6.10 Å². The van der Waals surface area contributed by atoms with Crippen molar-refractivity contribution < 1.29 is 15.0 Å². The second-order valence-electron chi connectivity index (χ2n) is 5.93. The molecule has 0 radical (unpaired) electrons. The van der Waals surface area contributed by atoms with E-state index in [9.17, 15) is 15.0 Å². The van der Waals surface area contributed by atoms with E-state index in [1.54, 1.807) is 6.07 Å². The molecule has 3 nitrogen and oxygen atoms in total. The molecular weight excluding hydrogens is 240 g/mol. The summed E-state index contributed by atoms with van der Waals surface area (Å²) in [6, 6.07) is 5.45. The molecule has 3 rings (SSSR count). The summed E-state index contributed by atoms with van der Waals surface area (Å²) >= 11 is 0. The molecule has 0 saturated heterocycles. The lowest BCUT2D eigenvalue weighted by Crippen LogP contribution is -2.53. The summed E-state index contributed by atoms with van der Waals surface area (Å²) < 4.78 is 0. The molecule has 2 N–H and O–H groups in total. The summed E-state index contributed by atoms with van der Waals surface area (Å²) in [6.45, 7) is 2.09. The SMILES string of the molecule is CC[C@]12c3ccc(O)cc3CC[C@@H]1CC(=O)C[C@H]2O. The molecule has 0 bridgehead atoms. The van der Waals surface area contributed by atoms with E-state index in [1.165, 1.54) is 0 Å². The van der Waals surface area contributed by atoms with Crippen LogP contribution >= 0.6 is 0 Å². The molecule has 3 heteroatoms. The zero-order chi connectivity index (χ0) is 13.6. The van der Waals surface area contributed by atoms with Gasteiger partial charge in [0.15, 0.2) is 0 Å². The van der Waals surface area contributed by atoms with Gasteiger partial charge in [-0.2, -0.15) is 0 Å². The van der Waals surface area contributed by atoms with Gasteiger partial charge in [0.2, 0.25) is 0 Å². The van der Waals surface area contributed by atoms with Crippen LogP contribution in [0.5, 0.6) is 5.75 Å². The van der Waals surface area contributed by atoms with Gasteiger partial charge in [0.1, 0.15) is 11.5 Å². The molecule has 2 aliphatic rings. The Bertz CT molecular complexity index is 523. The third-order valence-corrected chi connectivity index (χ3v) is 5.16. The van der Waals surface area contributed by atoms with Crippen LogP contribution in [0.4, 0.5) is 0 Å². The average Bonchev–Trinajstić information content (AvgIpc) is 2.38. The maximum absolute atomic E-state index is 11.8. The van der Waals surface area contributed by atoms with Crippen LogP contribution in [0.15, 0.2) is 18.2 Å². The number of aliphatic hydroxyl groups is 1. The van der Waals surface area contributed by atoms with E-state index >= 15 is 0 Å². The number of carbonyl (C=O) groups is 1. The van der Waals surface area contributed by atoms with Gasteiger partial charge in [-0.25, -0.2) is 0 Å². The first-order valence-electron chi connectivity index (χ1n) is 7.10. The summed E-state index contributed by atoms with van der Waals surface area (Å²) in [5, 5.41) is 20.2. The molecule has 0 heterocycles. The molecule has 19 heavy (non-hydrogen) atoms. The van der Waals surface area contributed by atoms with E-state index in [0.717, 1.165) is 30.4 Å². The van der Waals surface area contributed by atoms with E-state index in [4.69, 9.17) is 0 Å². The first-order chi connectivity index (χ1) is 9.07. The van der Waals surface area contributed by atoms with E-state index in [1.807, 2.05) is 12.1 Å². The third-order valence-electron chi connectivity index (χ3n) is 5.16. The van der Waals surface area contributed by atoms with Crippen molar-refractivity contribution in [1.82, 2.24) is 0 Å². The highest BCUT2D eigenvalue weighted by Crippen LogP contribution is 2.51. The van der Waals surface area contributed by atoms with Gasteiger partial charge in [0.25, 0.3) is 0 Å². The van der Waals surface area contributed by atoms with Crippen LogP contribution in [0.3, 0.4) is 0 Å². The number of Topliss-reactive ketones (excluding diaryl/α,β-unsaturated/α-hetero) is 1. The summed E-state index contributed by atoms with van der Waals surface area (Å²) in [6.07, 6.45) is 2.91. The number of hydrogen-bond acceptors (Lipinski definition) is 3. The summed E-state index contributed by atoms with van der Waals surface area (Å²) in [5.74, 6) is 0.708. The summed E-state index contributed by atoms with van der Waals surface area (Å²) in [5.41, 5.74) is 1.98. The van der Waals surface area contributed by atoms with Crippen LogP contribution < -0.4 is 0 Å². The lowest BCUT2D eigenvalue weighted by atomic mass is 9.54. The number of aliphatic hydroxyl groups excluding tert-OH is 1. The molecule has 102 valence electrons. The van der Waals surface area contributed by atoms with Crippen molar-refractivity contribution in [2.75, 3.05) is 0 Å². The predicted molar refractivity (Wildman–Crippen MR) is 72.1 cm³/mol. The molecule has 0 unspecified atom stereocenters. The monoisotopic (exact) mass is 260 g/mol. The number of phenols is 1. The number of hydrogen-bond donors (Lipinski definition) is 2. The predicted octanol–water partition coefficient (Wildman–Crippen LogP) is 2.33. The molecule has 0 aromatic heterocycles. The van der Waals surface area contributed by atoms with Gasteiger partial charge in [-0.15, -0.1) is 0 Å². The zero-order valence-electron chi connectivity index (χ0n) is 11.2. The molecule has 0 amide bonds. The van der Waals surface area contributed by atoms with Gasteiger partial charge in [-0.3, -0.25) is 4.79 Å². The van der Waals surface area contributed by atoms with Gasteiger partial charge < -0.3 is 10.2 Å². The molecule has 1 aromatic rings. The second-order valence-corrected chi connectivity index (χ2v) is 5.93. The average molecular weight is 260 g/mol. The fraction of sp³-hybridized carbons (Fsp3) is 0.562. The molecule has 1 fully saturated rings. The minimum atomic E-state index is -0.590. The number of aromatic hydroxyl groups is 1. The zero-order valence-corrected chi connectivity index (χ0v) is 11.2. The number of aryl methyl sites for hydroxylation is 1. The topological polar surface area (TPSA) is 57.5 Å². The highest BCUT2D eigenvalue weighted by Gasteiger charge is 2.51. The Labute approximate surface area is 113 Å². The van der Waals surface area contributed by atoms with Crippen LogP contribution in [0.25, 0.3) is 0 Å². The van der Waals surface area contributed by atoms with Crippen LogP contribution in [0.2, 0.25) is 0 Å². The van der Waals surface area contributed by atoms with Crippen molar-refractivity contribution in [3.05, 3.63) is 29.3 Å². The second kappa shape index (κ2) is 4.34. The van der Waals surface area contributed by atoms with Crippen LogP contribution in [0.1, 0.15) is 43.7 Å². The van der Waals surface area contributed by atoms with E-state index in [0.29, 0.717) is 6.42 Å². The Balaban J connectivity index is 2.15. The minimum Gasteiger partial charge on any atom is -0.508 e. The van der Waals surface area contributed by atoms with Crippen molar-refractivity contribution in [3.63, 3.8) is 0 Å². The molecule has 0 spiro atoms. The summed E-state index contributed by atoms with van der Waals surface area (Å²) in [7, 11) is 0. The van der Waals surface area contributed by atoms with E-state index < -0.39 is 6.10 Å². The fourth-order valence-electron chi connectivity index (χ4n) is 4.25. The smallest absolute Gasteiger partial charge is 0.135 e. The Morgan fingerprint density at radius 3 is 2.89 bits per heavy atom.